The predicted octanol–water partition coefficient (Wildman–Crippen LogP) is 2.56. The van der Waals surface area contributed by atoms with Crippen LogP contribution in [0.15, 0.2) is 23.1 Å². The van der Waals surface area contributed by atoms with Crippen molar-refractivity contribution in [3.63, 3.8) is 0 Å². The lowest BCUT2D eigenvalue weighted by atomic mass is 10.1. The number of aromatic carboxylic acids is 1. The van der Waals surface area contributed by atoms with Crippen LogP contribution in [0.25, 0.3) is 10.9 Å². The van der Waals surface area contributed by atoms with Crippen molar-refractivity contribution >= 4 is 24.0 Å². The van der Waals surface area contributed by atoms with Gasteiger partial charge in [-0.1, -0.05) is 0 Å². The minimum absolute atomic E-state index is 0.00725. The van der Waals surface area contributed by atoms with Crippen LogP contribution in [0, 0.1) is 11.6 Å². The van der Waals surface area contributed by atoms with Gasteiger partial charge in [0.05, 0.1) is 11.8 Å². The first-order valence-electron chi connectivity index (χ1n) is 5.89. The van der Waals surface area contributed by atoms with Gasteiger partial charge in [-0.05, 0) is 19.4 Å². The largest absolute Gasteiger partial charge is 0.477 e. The molecule has 112 valence electrons. The molecule has 0 saturated heterocycles. The van der Waals surface area contributed by atoms with Gasteiger partial charge in [-0.25, -0.2) is 13.6 Å². The van der Waals surface area contributed by atoms with Crippen LogP contribution in [-0.4, -0.2) is 29.0 Å². The predicted molar refractivity (Wildman–Crippen MR) is 74.5 cm³/mol. The molecule has 1 aromatic carbocycles. The second kappa shape index (κ2) is 5.07. The van der Waals surface area contributed by atoms with Crippen LogP contribution in [0.1, 0.15) is 10.4 Å². The summed E-state index contributed by atoms with van der Waals surface area (Å²) in [6.07, 6.45) is 0.916. The van der Waals surface area contributed by atoms with Gasteiger partial charge in [0.1, 0.15) is 12.7 Å². The van der Waals surface area contributed by atoms with E-state index in [4.69, 9.17) is 5.11 Å². The average molecular weight is 315 g/mol. The number of rotatable bonds is 3. The minimum atomic E-state index is -2.63. The summed E-state index contributed by atoms with van der Waals surface area (Å²) in [5, 5.41) is 8.76. The van der Waals surface area contributed by atoms with Crippen LogP contribution in [-0.2, 0) is 10.9 Å². The Morgan fingerprint density at radius 2 is 1.86 bits per heavy atom. The Morgan fingerprint density at radius 3 is 2.38 bits per heavy atom. The summed E-state index contributed by atoms with van der Waals surface area (Å²) >= 11 is 0. The van der Waals surface area contributed by atoms with Gasteiger partial charge < -0.3 is 14.2 Å². The summed E-state index contributed by atoms with van der Waals surface area (Å²) in [5.74, 6) is -3.90. The van der Waals surface area contributed by atoms with E-state index in [-0.39, 0.29) is 17.2 Å². The molecule has 2 rings (SSSR count). The number of pyridine rings is 1. The van der Waals surface area contributed by atoms with Crippen molar-refractivity contribution in [2.45, 2.75) is 6.29 Å². The van der Waals surface area contributed by atoms with E-state index in [0.717, 1.165) is 12.3 Å². The third-order valence-electron chi connectivity index (χ3n) is 2.85. The Hall–Kier alpha value is -2.01. The Labute approximate surface area is 118 Å². The van der Waals surface area contributed by atoms with E-state index in [2.05, 4.69) is 0 Å². The maximum atomic E-state index is 13.4. The number of halogens is 2. The first-order valence-corrected chi connectivity index (χ1v) is 8.68. The van der Waals surface area contributed by atoms with Crippen molar-refractivity contribution in [1.29, 1.82) is 0 Å². The van der Waals surface area contributed by atoms with E-state index >= 15 is 0 Å². The fourth-order valence-electron chi connectivity index (χ4n) is 2.02. The number of hydrogen-bond acceptors (Lipinski definition) is 3. The standard InChI is InChI=1S/C13H12F2NO4P/c1-21(2,20)6-16-5-8(13(18)19)12(17)7-3-9(14)10(15)4-11(7)16/h3-5H,6H2,1-2H3,(H,18,19). The van der Waals surface area contributed by atoms with Crippen LogP contribution in [0.4, 0.5) is 8.78 Å². The maximum Gasteiger partial charge on any atom is 0.341 e. The van der Waals surface area contributed by atoms with Crippen LogP contribution < -0.4 is 5.43 Å². The molecule has 0 radical (unpaired) electrons. The zero-order chi connectivity index (χ0) is 15.9. The van der Waals surface area contributed by atoms with E-state index < -0.39 is 35.7 Å². The molecule has 0 aliphatic heterocycles. The molecule has 1 aromatic heterocycles. The Morgan fingerprint density at radius 1 is 1.29 bits per heavy atom. The van der Waals surface area contributed by atoms with Crippen molar-refractivity contribution in [3.8, 4) is 0 Å². The number of aromatic nitrogens is 1. The lowest BCUT2D eigenvalue weighted by Crippen LogP contribution is -2.19. The highest BCUT2D eigenvalue weighted by atomic mass is 31.2. The third kappa shape index (κ3) is 3.03. The first kappa shape index (κ1) is 15.4. The van der Waals surface area contributed by atoms with Crippen LogP contribution in [0.2, 0.25) is 0 Å². The Balaban J connectivity index is 2.92. The number of fused-ring (bicyclic) bond motifs is 1. The molecule has 5 nitrogen and oxygen atoms in total. The highest BCUT2D eigenvalue weighted by molar-refractivity contribution is 7.61. The molecule has 0 aliphatic rings. The molecule has 8 heteroatoms. The van der Waals surface area contributed by atoms with Gasteiger partial charge in [-0.15, -0.1) is 0 Å². The zero-order valence-electron chi connectivity index (χ0n) is 11.3. The summed E-state index contributed by atoms with van der Waals surface area (Å²) in [4.78, 5) is 23.1. The highest BCUT2D eigenvalue weighted by Gasteiger charge is 2.19. The quantitative estimate of drug-likeness (QED) is 0.883. The number of carbonyl (C=O) groups is 1. The molecule has 0 atom stereocenters. The zero-order valence-corrected chi connectivity index (χ0v) is 12.2. The normalized spacial score (nSPS) is 11.8. The fraction of sp³-hybridized carbons (Fsp3) is 0.231. The average Bonchev–Trinajstić information content (AvgIpc) is 2.33. The van der Waals surface area contributed by atoms with Crippen LogP contribution in [0.5, 0.6) is 0 Å². The SMILES string of the molecule is CP(C)(=O)Cn1cc(C(=O)O)c(=O)c2cc(F)c(F)cc21. The number of carboxylic acid groups (broad SMARTS) is 1. The van der Waals surface area contributed by atoms with Gasteiger partial charge in [-0.3, -0.25) is 4.79 Å². The molecule has 21 heavy (non-hydrogen) atoms. The lowest BCUT2D eigenvalue weighted by Gasteiger charge is -2.15. The monoisotopic (exact) mass is 315 g/mol. The number of carboxylic acids is 1. The van der Waals surface area contributed by atoms with Gasteiger partial charge in [-0.2, -0.15) is 0 Å². The fourth-order valence-corrected chi connectivity index (χ4v) is 2.99. The van der Waals surface area contributed by atoms with Crippen LogP contribution in [0.3, 0.4) is 0 Å². The Bertz CT molecular complexity index is 853. The van der Waals surface area contributed by atoms with E-state index in [1.807, 2.05) is 0 Å². The van der Waals surface area contributed by atoms with Crippen molar-refractivity contribution < 1.29 is 23.2 Å². The minimum Gasteiger partial charge on any atom is -0.477 e. The first-order chi connectivity index (χ1) is 9.60. The van der Waals surface area contributed by atoms with Gasteiger partial charge in [0.2, 0.25) is 5.43 Å². The lowest BCUT2D eigenvalue weighted by molar-refractivity contribution is 0.0695. The van der Waals surface area contributed by atoms with Crippen molar-refractivity contribution in [1.82, 2.24) is 4.57 Å². The molecule has 0 fully saturated rings. The molecule has 0 spiro atoms. The van der Waals surface area contributed by atoms with Gasteiger partial charge in [0, 0.05) is 17.6 Å². The molecule has 0 bridgehead atoms. The van der Waals surface area contributed by atoms with E-state index in [1.165, 1.54) is 17.9 Å². The number of hydrogen-bond donors (Lipinski definition) is 1. The topological polar surface area (TPSA) is 76.4 Å². The molecule has 2 aromatic rings. The summed E-state index contributed by atoms with van der Waals surface area (Å²) in [6.45, 7) is 2.94. The molecule has 0 aliphatic carbocycles. The second-order valence-corrected chi connectivity index (χ2v) is 8.58. The van der Waals surface area contributed by atoms with Crippen LogP contribution >= 0.6 is 7.14 Å². The van der Waals surface area contributed by atoms with Crippen molar-refractivity contribution in [2.75, 3.05) is 13.3 Å². The number of benzene rings is 1. The third-order valence-corrected chi connectivity index (χ3v) is 3.83. The molecule has 0 saturated carbocycles. The summed E-state index contributed by atoms with van der Waals surface area (Å²) in [7, 11) is -2.63. The molecule has 1 heterocycles. The molecular weight excluding hydrogens is 303 g/mol. The molecule has 0 amide bonds. The molecule has 1 N–H and O–H groups in total. The second-order valence-electron chi connectivity index (χ2n) is 5.15. The maximum absolute atomic E-state index is 13.4. The molecule has 0 unspecified atom stereocenters. The van der Waals surface area contributed by atoms with E-state index in [0.29, 0.717) is 6.07 Å². The van der Waals surface area contributed by atoms with E-state index in [1.54, 1.807) is 0 Å². The smallest absolute Gasteiger partial charge is 0.341 e. The van der Waals surface area contributed by atoms with Gasteiger partial charge >= 0.3 is 5.97 Å². The summed E-state index contributed by atoms with van der Waals surface area (Å²) in [5.41, 5.74) is -1.48. The highest BCUT2D eigenvalue weighted by Crippen LogP contribution is 2.38. The van der Waals surface area contributed by atoms with Gasteiger partial charge in [0.25, 0.3) is 0 Å². The van der Waals surface area contributed by atoms with E-state index in [9.17, 15) is 22.9 Å². The van der Waals surface area contributed by atoms with Crippen molar-refractivity contribution in [2.24, 2.45) is 0 Å². The summed E-state index contributed by atoms with van der Waals surface area (Å²) in [6, 6.07) is 1.46. The van der Waals surface area contributed by atoms with Gasteiger partial charge in [0.15, 0.2) is 11.6 Å². The van der Waals surface area contributed by atoms with Crippen molar-refractivity contribution in [3.05, 3.63) is 45.8 Å². The Kier molecular flexibility index (Phi) is 3.72. The summed E-state index contributed by atoms with van der Waals surface area (Å²) < 4.78 is 39.8. The number of nitrogens with zero attached hydrogens (tertiary/aromatic N) is 1. The molecular formula is C13H12F2NO4P.